The summed E-state index contributed by atoms with van der Waals surface area (Å²) >= 11 is 0. The van der Waals surface area contributed by atoms with Gasteiger partial charge in [-0.25, -0.2) is 9.97 Å². The number of morpholine rings is 1. The van der Waals surface area contributed by atoms with Crippen molar-refractivity contribution in [2.75, 3.05) is 38.2 Å². The van der Waals surface area contributed by atoms with Crippen LogP contribution in [-0.4, -0.2) is 70.2 Å². The SMILES string of the molecule is Cc1cc(Nc2nccn3c(-c4ccc(OC(F)F)cc4)cnc23)ccc1C(=O)NC(C)(C)CN1CCOCC1. The number of carbonyl (C=O) groups is 1. The van der Waals surface area contributed by atoms with Crippen molar-refractivity contribution in [3.63, 3.8) is 0 Å². The highest BCUT2D eigenvalue weighted by Gasteiger charge is 2.26. The number of fused-ring (bicyclic) bond motifs is 1. The van der Waals surface area contributed by atoms with Crippen LogP contribution in [0.15, 0.2) is 61.1 Å². The lowest BCUT2D eigenvalue weighted by molar-refractivity contribution is -0.0498. The number of hydrogen-bond donors (Lipinski definition) is 2. The Hall–Kier alpha value is -4.09. The Kier molecular flexibility index (Phi) is 7.95. The molecule has 4 aromatic rings. The summed E-state index contributed by atoms with van der Waals surface area (Å²) in [6.45, 7) is 6.98. The van der Waals surface area contributed by atoms with E-state index in [-0.39, 0.29) is 11.7 Å². The molecule has 210 valence electrons. The van der Waals surface area contributed by atoms with Crippen molar-refractivity contribution in [1.82, 2.24) is 24.6 Å². The second-order valence-corrected chi connectivity index (χ2v) is 10.4. The first-order chi connectivity index (χ1) is 19.2. The number of amides is 1. The molecule has 0 spiro atoms. The number of rotatable bonds is 9. The zero-order chi connectivity index (χ0) is 28.3. The minimum Gasteiger partial charge on any atom is -0.435 e. The summed E-state index contributed by atoms with van der Waals surface area (Å²) in [4.78, 5) is 24.4. The lowest BCUT2D eigenvalue weighted by Gasteiger charge is -2.35. The molecule has 3 heterocycles. The average Bonchev–Trinajstić information content (AvgIpc) is 3.34. The fraction of sp³-hybridized carbons (Fsp3) is 0.345. The van der Waals surface area contributed by atoms with Crippen molar-refractivity contribution in [2.24, 2.45) is 0 Å². The summed E-state index contributed by atoms with van der Waals surface area (Å²) in [6.07, 6.45) is 5.13. The minimum absolute atomic E-state index is 0.0877. The van der Waals surface area contributed by atoms with E-state index in [0.29, 0.717) is 30.2 Å². The Balaban J connectivity index is 1.29. The van der Waals surface area contributed by atoms with Gasteiger partial charge in [-0.1, -0.05) is 0 Å². The van der Waals surface area contributed by atoms with E-state index in [2.05, 4.69) is 30.2 Å². The number of nitrogens with one attached hydrogen (secondary N) is 2. The Morgan fingerprint density at radius 3 is 2.58 bits per heavy atom. The zero-order valence-electron chi connectivity index (χ0n) is 22.7. The number of aryl methyl sites for hydroxylation is 1. The first-order valence-corrected chi connectivity index (χ1v) is 13.1. The summed E-state index contributed by atoms with van der Waals surface area (Å²) in [5, 5.41) is 6.48. The molecule has 1 saturated heterocycles. The molecule has 1 aliphatic rings. The van der Waals surface area contributed by atoms with E-state index in [1.54, 1.807) is 36.8 Å². The zero-order valence-corrected chi connectivity index (χ0v) is 22.7. The number of aromatic nitrogens is 3. The first kappa shape index (κ1) is 27.5. The maximum Gasteiger partial charge on any atom is 0.387 e. The molecule has 40 heavy (non-hydrogen) atoms. The first-order valence-electron chi connectivity index (χ1n) is 13.1. The van der Waals surface area contributed by atoms with Crippen LogP contribution >= 0.6 is 0 Å². The van der Waals surface area contributed by atoms with Gasteiger partial charge in [-0.15, -0.1) is 0 Å². The van der Waals surface area contributed by atoms with Crippen LogP contribution in [0.5, 0.6) is 5.75 Å². The normalized spacial score (nSPS) is 14.4. The minimum atomic E-state index is -2.87. The van der Waals surface area contributed by atoms with Crippen LogP contribution in [0.2, 0.25) is 0 Å². The molecule has 11 heteroatoms. The number of anilines is 2. The third-order valence-electron chi connectivity index (χ3n) is 6.71. The van der Waals surface area contributed by atoms with Crippen molar-refractivity contribution in [3.8, 4) is 17.0 Å². The van der Waals surface area contributed by atoms with Crippen LogP contribution in [0, 0.1) is 6.92 Å². The third-order valence-corrected chi connectivity index (χ3v) is 6.71. The lowest BCUT2D eigenvalue weighted by atomic mass is 10.0. The van der Waals surface area contributed by atoms with Crippen molar-refractivity contribution in [3.05, 3.63) is 72.2 Å². The van der Waals surface area contributed by atoms with Gasteiger partial charge in [0, 0.05) is 54.4 Å². The van der Waals surface area contributed by atoms with Crippen LogP contribution < -0.4 is 15.4 Å². The lowest BCUT2D eigenvalue weighted by Crippen LogP contribution is -2.53. The highest BCUT2D eigenvalue weighted by Crippen LogP contribution is 2.28. The van der Waals surface area contributed by atoms with Crippen LogP contribution in [0.3, 0.4) is 0 Å². The monoisotopic (exact) mass is 550 g/mol. The third kappa shape index (κ3) is 6.37. The van der Waals surface area contributed by atoms with Crippen LogP contribution in [0.1, 0.15) is 29.8 Å². The van der Waals surface area contributed by atoms with Gasteiger partial charge >= 0.3 is 6.61 Å². The topological polar surface area (TPSA) is 93.0 Å². The number of imidazole rings is 1. The fourth-order valence-corrected chi connectivity index (χ4v) is 4.89. The highest BCUT2D eigenvalue weighted by atomic mass is 19.3. The van der Waals surface area contributed by atoms with Crippen molar-refractivity contribution < 1.29 is 23.0 Å². The maximum atomic E-state index is 13.1. The molecule has 0 radical (unpaired) electrons. The molecule has 1 amide bonds. The Bertz CT molecular complexity index is 1480. The molecule has 2 aromatic heterocycles. The van der Waals surface area contributed by atoms with Gasteiger partial charge < -0.3 is 20.1 Å². The predicted octanol–water partition coefficient (Wildman–Crippen LogP) is 4.89. The Morgan fingerprint density at radius 2 is 1.88 bits per heavy atom. The summed E-state index contributed by atoms with van der Waals surface area (Å²) in [5.74, 6) is 0.504. The van der Waals surface area contributed by atoms with E-state index in [0.717, 1.165) is 42.1 Å². The summed E-state index contributed by atoms with van der Waals surface area (Å²) in [6, 6.07) is 11.9. The molecule has 0 bridgehead atoms. The molecule has 1 fully saturated rings. The Morgan fingerprint density at radius 1 is 1.12 bits per heavy atom. The molecule has 2 N–H and O–H groups in total. The second kappa shape index (κ2) is 11.6. The summed E-state index contributed by atoms with van der Waals surface area (Å²) in [7, 11) is 0. The largest absolute Gasteiger partial charge is 0.435 e. The van der Waals surface area contributed by atoms with Crippen molar-refractivity contribution in [1.29, 1.82) is 0 Å². The van der Waals surface area contributed by atoms with Crippen LogP contribution in [0.4, 0.5) is 20.3 Å². The van der Waals surface area contributed by atoms with E-state index >= 15 is 0 Å². The number of carbonyl (C=O) groups excluding carboxylic acids is 1. The fourth-order valence-electron chi connectivity index (χ4n) is 4.89. The van der Waals surface area contributed by atoms with Gasteiger partial charge in [-0.05, 0) is 68.8 Å². The summed E-state index contributed by atoms with van der Waals surface area (Å²) in [5.41, 5.74) is 3.95. The number of ether oxygens (including phenoxy) is 2. The number of alkyl halides is 2. The molecule has 2 aromatic carbocycles. The van der Waals surface area contributed by atoms with Crippen LogP contribution in [0.25, 0.3) is 16.9 Å². The quantitative estimate of drug-likeness (QED) is 0.307. The molecule has 1 aliphatic heterocycles. The standard InChI is InChI=1S/C29H32F2N6O3/c1-19-16-21(6-9-23(19)27(38)35-29(2,3)18-36-12-14-39-15-13-36)34-25-26-33-17-24(37(26)11-10-32-25)20-4-7-22(8-5-20)40-28(30)31/h4-11,16-17,28H,12-15,18H2,1-3H3,(H,32,34)(H,35,38). The van der Waals surface area contributed by atoms with Gasteiger partial charge in [0.15, 0.2) is 11.5 Å². The van der Waals surface area contributed by atoms with Gasteiger partial charge in [-0.2, -0.15) is 8.78 Å². The molecular weight excluding hydrogens is 518 g/mol. The number of halogens is 2. The number of hydrogen-bond acceptors (Lipinski definition) is 7. The van der Waals surface area contributed by atoms with E-state index < -0.39 is 12.2 Å². The smallest absolute Gasteiger partial charge is 0.387 e. The summed E-state index contributed by atoms with van der Waals surface area (Å²) < 4.78 is 36.7. The van der Waals surface area contributed by atoms with E-state index in [9.17, 15) is 13.6 Å². The van der Waals surface area contributed by atoms with Gasteiger partial charge in [0.25, 0.3) is 5.91 Å². The average molecular weight is 551 g/mol. The van der Waals surface area contributed by atoms with E-state index in [1.165, 1.54) is 12.1 Å². The molecular formula is C29H32F2N6O3. The number of benzene rings is 2. The van der Waals surface area contributed by atoms with Crippen LogP contribution in [-0.2, 0) is 4.74 Å². The van der Waals surface area contributed by atoms with Gasteiger partial charge in [0.1, 0.15) is 5.75 Å². The van der Waals surface area contributed by atoms with E-state index in [1.807, 2.05) is 37.3 Å². The van der Waals surface area contributed by atoms with E-state index in [4.69, 9.17) is 4.74 Å². The second-order valence-electron chi connectivity index (χ2n) is 10.4. The van der Waals surface area contributed by atoms with Crippen molar-refractivity contribution in [2.45, 2.75) is 32.9 Å². The van der Waals surface area contributed by atoms with Gasteiger partial charge in [0.05, 0.1) is 25.1 Å². The molecule has 5 rings (SSSR count). The molecule has 9 nitrogen and oxygen atoms in total. The Labute approximate surface area is 231 Å². The molecule has 0 atom stereocenters. The maximum absolute atomic E-state index is 13.1. The van der Waals surface area contributed by atoms with Crippen molar-refractivity contribution >= 4 is 23.1 Å². The van der Waals surface area contributed by atoms with Gasteiger partial charge in [0.2, 0.25) is 0 Å². The molecule has 0 unspecified atom stereocenters. The highest BCUT2D eigenvalue weighted by molar-refractivity contribution is 5.96. The van der Waals surface area contributed by atoms with Gasteiger partial charge in [-0.3, -0.25) is 14.1 Å². The molecule has 0 saturated carbocycles. The molecule has 0 aliphatic carbocycles. The number of nitrogens with zero attached hydrogens (tertiary/aromatic N) is 4. The predicted molar refractivity (Wildman–Crippen MR) is 148 cm³/mol.